The van der Waals surface area contributed by atoms with Crippen LogP contribution >= 0.6 is 0 Å². The number of rotatable bonds is 8. The SMILES string of the molecule is CCOc1ccc(C(CS(=O)C(C)C(C)C)NC)cc1. The van der Waals surface area contributed by atoms with E-state index < -0.39 is 10.8 Å². The molecule has 0 fully saturated rings. The zero-order chi connectivity index (χ0) is 15.1. The summed E-state index contributed by atoms with van der Waals surface area (Å²) in [6.07, 6.45) is 0. The van der Waals surface area contributed by atoms with Gasteiger partial charge < -0.3 is 10.1 Å². The van der Waals surface area contributed by atoms with Crippen LogP contribution in [-0.4, -0.2) is 28.9 Å². The van der Waals surface area contributed by atoms with Gasteiger partial charge in [0.2, 0.25) is 0 Å². The van der Waals surface area contributed by atoms with Crippen molar-refractivity contribution in [3.8, 4) is 5.75 Å². The minimum Gasteiger partial charge on any atom is -0.494 e. The highest BCUT2D eigenvalue weighted by atomic mass is 32.2. The van der Waals surface area contributed by atoms with E-state index in [1.165, 1.54) is 0 Å². The third kappa shape index (κ3) is 4.91. The Bertz CT molecular complexity index is 417. The van der Waals surface area contributed by atoms with Crippen LogP contribution < -0.4 is 10.1 Å². The molecule has 0 bridgehead atoms. The lowest BCUT2D eigenvalue weighted by Crippen LogP contribution is -2.28. The Morgan fingerprint density at radius 3 is 2.25 bits per heavy atom. The average Bonchev–Trinajstić information content (AvgIpc) is 2.45. The molecule has 1 rings (SSSR count). The largest absolute Gasteiger partial charge is 0.494 e. The lowest BCUT2D eigenvalue weighted by molar-refractivity contribution is 0.340. The molecule has 1 aromatic rings. The van der Waals surface area contributed by atoms with E-state index in [2.05, 4.69) is 26.1 Å². The van der Waals surface area contributed by atoms with Crippen LogP contribution in [0.15, 0.2) is 24.3 Å². The fraction of sp³-hybridized carbons (Fsp3) is 0.625. The van der Waals surface area contributed by atoms with Crippen molar-refractivity contribution >= 4 is 10.8 Å². The topological polar surface area (TPSA) is 38.3 Å². The van der Waals surface area contributed by atoms with Crippen molar-refractivity contribution < 1.29 is 8.95 Å². The Kier molecular flexibility index (Phi) is 7.24. The smallest absolute Gasteiger partial charge is 0.119 e. The minimum atomic E-state index is -0.828. The van der Waals surface area contributed by atoms with Crippen molar-refractivity contribution in [1.29, 1.82) is 0 Å². The summed E-state index contributed by atoms with van der Waals surface area (Å²) in [7, 11) is 1.09. The molecule has 0 aliphatic heterocycles. The van der Waals surface area contributed by atoms with Crippen LogP contribution in [0.2, 0.25) is 0 Å². The summed E-state index contributed by atoms with van der Waals surface area (Å²) in [5.74, 6) is 1.96. The Morgan fingerprint density at radius 1 is 1.20 bits per heavy atom. The van der Waals surface area contributed by atoms with Gasteiger partial charge in [0.25, 0.3) is 0 Å². The molecule has 3 nitrogen and oxygen atoms in total. The minimum absolute atomic E-state index is 0.118. The molecule has 4 heteroatoms. The third-order valence-corrected chi connectivity index (χ3v) is 5.66. The molecule has 114 valence electrons. The first kappa shape index (κ1) is 17.2. The summed E-state index contributed by atoms with van der Waals surface area (Å²) in [6, 6.07) is 8.15. The van der Waals surface area contributed by atoms with Crippen LogP contribution in [0, 0.1) is 5.92 Å². The summed E-state index contributed by atoms with van der Waals surface area (Å²) in [6.45, 7) is 8.94. The van der Waals surface area contributed by atoms with Crippen LogP contribution in [0.4, 0.5) is 0 Å². The highest BCUT2D eigenvalue weighted by Crippen LogP contribution is 2.20. The second kappa shape index (κ2) is 8.42. The molecule has 3 unspecified atom stereocenters. The highest BCUT2D eigenvalue weighted by Gasteiger charge is 2.20. The number of hydrogen-bond donors (Lipinski definition) is 1. The van der Waals surface area contributed by atoms with Crippen molar-refractivity contribution in [3.63, 3.8) is 0 Å². The van der Waals surface area contributed by atoms with Gasteiger partial charge in [-0.05, 0) is 37.6 Å². The lowest BCUT2D eigenvalue weighted by Gasteiger charge is -2.21. The van der Waals surface area contributed by atoms with Crippen LogP contribution in [0.1, 0.15) is 39.3 Å². The second-order valence-electron chi connectivity index (χ2n) is 5.34. The van der Waals surface area contributed by atoms with Gasteiger partial charge in [-0.25, -0.2) is 0 Å². The van der Waals surface area contributed by atoms with E-state index in [-0.39, 0.29) is 11.3 Å². The molecule has 1 N–H and O–H groups in total. The van der Waals surface area contributed by atoms with Crippen LogP contribution in [0.5, 0.6) is 5.75 Å². The summed E-state index contributed by atoms with van der Waals surface area (Å²) in [4.78, 5) is 0. The first-order chi connectivity index (χ1) is 9.49. The Morgan fingerprint density at radius 2 is 1.80 bits per heavy atom. The number of ether oxygens (including phenoxy) is 1. The van der Waals surface area contributed by atoms with Gasteiger partial charge in [0.05, 0.1) is 6.61 Å². The molecule has 1 aromatic carbocycles. The van der Waals surface area contributed by atoms with Gasteiger partial charge in [-0.1, -0.05) is 32.9 Å². The summed E-state index contributed by atoms with van der Waals surface area (Å²) >= 11 is 0. The maximum Gasteiger partial charge on any atom is 0.119 e. The first-order valence-corrected chi connectivity index (χ1v) is 8.65. The number of nitrogens with one attached hydrogen (secondary N) is 1. The Hall–Kier alpha value is -0.870. The molecule has 20 heavy (non-hydrogen) atoms. The van der Waals surface area contributed by atoms with Crippen molar-refractivity contribution in [3.05, 3.63) is 29.8 Å². The van der Waals surface area contributed by atoms with Crippen molar-refractivity contribution in [2.45, 2.75) is 39.0 Å². The van der Waals surface area contributed by atoms with Gasteiger partial charge in [0.1, 0.15) is 5.75 Å². The normalized spacial score (nSPS) is 15.9. The number of benzene rings is 1. The standard InChI is InChI=1S/C16H27NO2S/c1-6-19-15-9-7-14(8-10-15)16(17-5)11-20(18)13(4)12(2)3/h7-10,12-13,16-17H,6,11H2,1-5H3. The van der Waals surface area contributed by atoms with Gasteiger partial charge in [0.15, 0.2) is 0 Å². The third-order valence-electron chi connectivity index (χ3n) is 3.63. The monoisotopic (exact) mass is 297 g/mol. The second-order valence-corrected chi connectivity index (χ2v) is 7.18. The van der Waals surface area contributed by atoms with Gasteiger partial charge >= 0.3 is 0 Å². The fourth-order valence-corrected chi connectivity index (χ4v) is 3.53. The molecule has 0 spiro atoms. The Balaban J connectivity index is 2.73. The van der Waals surface area contributed by atoms with Gasteiger partial charge in [-0.15, -0.1) is 0 Å². The number of hydrogen-bond acceptors (Lipinski definition) is 3. The summed E-state index contributed by atoms with van der Waals surface area (Å²) in [5.41, 5.74) is 1.15. The Labute approximate surface area is 125 Å². The highest BCUT2D eigenvalue weighted by molar-refractivity contribution is 7.85. The van der Waals surface area contributed by atoms with Crippen molar-refractivity contribution in [1.82, 2.24) is 5.32 Å². The molecule has 0 aromatic heterocycles. The van der Waals surface area contributed by atoms with Gasteiger partial charge in [0, 0.05) is 27.8 Å². The molecule has 0 amide bonds. The molecule has 0 aliphatic carbocycles. The van der Waals surface area contributed by atoms with E-state index in [1.54, 1.807) is 0 Å². The lowest BCUT2D eigenvalue weighted by atomic mass is 10.1. The zero-order valence-electron chi connectivity index (χ0n) is 13.2. The van der Waals surface area contributed by atoms with Crippen molar-refractivity contribution in [2.75, 3.05) is 19.4 Å². The average molecular weight is 297 g/mol. The van der Waals surface area contributed by atoms with E-state index in [0.29, 0.717) is 18.3 Å². The molecular formula is C16H27NO2S. The van der Waals surface area contributed by atoms with E-state index >= 15 is 0 Å². The van der Waals surface area contributed by atoms with E-state index in [0.717, 1.165) is 11.3 Å². The van der Waals surface area contributed by atoms with E-state index in [4.69, 9.17) is 4.74 Å². The fourth-order valence-electron chi connectivity index (χ4n) is 1.93. The van der Waals surface area contributed by atoms with Gasteiger partial charge in [-0.2, -0.15) is 0 Å². The van der Waals surface area contributed by atoms with Crippen LogP contribution in [0.3, 0.4) is 0 Å². The molecule has 0 saturated heterocycles. The zero-order valence-corrected chi connectivity index (χ0v) is 14.0. The molecule has 3 atom stereocenters. The van der Waals surface area contributed by atoms with E-state index in [1.807, 2.05) is 38.2 Å². The molecule has 0 heterocycles. The first-order valence-electron chi connectivity index (χ1n) is 7.26. The quantitative estimate of drug-likeness (QED) is 0.801. The maximum atomic E-state index is 12.3. The molecular weight excluding hydrogens is 270 g/mol. The molecule has 0 aliphatic rings. The maximum absolute atomic E-state index is 12.3. The van der Waals surface area contributed by atoms with Gasteiger partial charge in [-0.3, -0.25) is 4.21 Å². The van der Waals surface area contributed by atoms with Crippen LogP contribution in [-0.2, 0) is 10.8 Å². The van der Waals surface area contributed by atoms with Crippen LogP contribution in [0.25, 0.3) is 0 Å². The van der Waals surface area contributed by atoms with Crippen molar-refractivity contribution in [2.24, 2.45) is 5.92 Å². The summed E-state index contributed by atoms with van der Waals surface area (Å²) in [5, 5.41) is 3.48. The summed E-state index contributed by atoms with van der Waals surface area (Å²) < 4.78 is 17.8. The predicted molar refractivity (Wildman–Crippen MR) is 86.7 cm³/mol. The molecule has 0 radical (unpaired) electrons. The molecule has 0 saturated carbocycles. The van der Waals surface area contributed by atoms with E-state index in [9.17, 15) is 4.21 Å². The predicted octanol–water partition coefficient (Wildman–Crippen LogP) is 3.14.